The normalized spacial score (nSPS) is 24.8. The topological polar surface area (TPSA) is 30.5 Å². The van der Waals surface area contributed by atoms with Crippen molar-refractivity contribution < 1.29 is 9.47 Å². The lowest BCUT2D eigenvalue weighted by molar-refractivity contribution is -0.103. The highest BCUT2D eigenvalue weighted by molar-refractivity contribution is 9.10. The van der Waals surface area contributed by atoms with E-state index in [9.17, 15) is 0 Å². The number of hydrogen-bond acceptors (Lipinski definition) is 3. The van der Waals surface area contributed by atoms with Crippen molar-refractivity contribution in [3.63, 3.8) is 0 Å². The van der Waals surface area contributed by atoms with Gasteiger partial charge in [0.15, 0.2) is 0 Å². The Bertz CT molecular complexity index is 631. The fourth-order valence-corrected chi connectivity index (χ4v) is 3.22. The van der Waals surface area contributed by atoms with E-state index in [1.807, 2.05) is 20.0 Å². The Kier molecular flexibility index (Phi) is 4.48. The summed E-state index contributed by atoms with van der Waals surface area (Å²) in [5.41, 5.74) is 0. The predicted molar refractivity (Wildman–Crippen MR) is 88.9 cm³/mol. The van der Waals surface area contributed by atoms with Crippen molar-refractivity contribution in [2.45, 2.75) is 31.6 Å². The van der Waals surface area contributed by atoms with E-state index in [4.69, 9.17) is 9.47 Å². The van der Waals surface area contributed by atoms with Crippen LogP contribution in [0.3, 0.4) is 0 Å². The van der Waals surface area contributed by atoms with Gasteiger partial charge in [0, 0.05) is 23.5 Å². The molecule has 0 heterocycles. The summed E-state index contributed by atoms with van der Waals surface area (Å²) in [4.78, 5) is 0. The lowest BCUT2D eigenvalue weighted by Gasteiger charge is -2.43. The molecule has 0 aliphatic heterocycles. The largest absolute Gasteiger partial charge is 0.488 e. The van der Waals surface area contributed by atoms with Crippen LogP contribution in [0.15, 0.2) is 40.9 Å². The molecule has 1 aliphatic rings. The first-order valence-corrected chi connectivity index (χ1v) is 8.15. The van der Waals surface area contributed by atoms with Gasteiger partial charge in [-0.05, 0) is 49.0 Å². The molecule has 1 fully saturated rings. The molecule has 0 saturated heterocycles. The van der Waals surface area contributed by atoms with Crippen LogP contribution in [0.25, 0.3) is 10.8 Å². The fourth-order valence-electron chi connectivity index (χ4n) is 2.84. The Morgan fingerprint density at radius 2 is 1.95 bits per heavy atom. The summed E-state index contributed by atoms with van der Waals surface area (Å²) >= 11 is 3.50. The van der Waals surface area contributed by atoms with Crippen LogP contribution in [-0.4, -0.2) is 31.9 Å². The van der Waals surface area contributed by atoms with Crippen LogP contribution in [0.4, 0.5) is 0 Å². The van der Waals surface area contributed by atoms with Crippen molar-refractivity contribution >= 4 is 26.7 Å². The molecule has 4 heteroatoms. The maximum Gasteiger partial charge on any atom is 0.128 e. The molecular weight excluding hydrogens is 330 g/mol. The van der Waals surface area contributed by atoms with Crippen molar-refractivity contribution in [2.75, 3.05) is 13.7 Å². The van der Waals surface area contributed by atoms with Gasteiger partial charge in [0.2, 0.25) is 0 Å². The first-order valence-electron chi connectivity index (χ1n) is 7.36. The second-order valence-corrected chi connectivity index (χ2v) is 6.28. The molecule has 0 amide bonds. The third-order valence-electron chi connectivity index (χ3n) is 4.04. The highest BCUT2D eigenvalue weighted by Gasteiger charge is 2.42. The van der Waals surface area contributed by atoms with Crippen LogP contribution in [0.5, 0.6) is 5.75 Å². The van der Waals surface area contributed by atoms with Gasteiger partial charge in [-0.1, -0.05) is 28.1 Å². The van der Waals surface area contributed by atoms with Crippen LogP contribution in [0.1, 0.15) is 13.3 Å². The lowest BCUT2D eigenvalue weighted by Crippen LogP contribution is -2.60. The summed E-state index contributed by atoms with van der Waals surface area (Å²) in [5, 5.41) is 5.67. The molecule has 1 saturated carbocycles. The van der Waals surface area contributed by atoms with E-state index in [0.29, 0.717) is 12.6 Å². The van der Waals surface area contributed by atoms with Gasteiger partial charge in [-0.15, -0.1) is 0 Å². The molecule has 2 aromatic carbocycles. The summed E-state index contributed by atoms with van der Waals surface area (Å²) in [6.45, 7) is 2.74. The van der Waals surface area contributed by atoms with Gasteiger partial charge in [-0.2, -0.15) is 0 Å². The molecule has 1 aliphatic carbocycles. The van der Waals surface area contributed by atoms with Gasteiger partial charge in [-0.3, -0.25) is 0 Å². The molecule has 0 radical (unpaired) electrons. The monoisotopic (exact) mass is 349 g/mol. The molecule has 0 bridgehead atoms. The van der Waals surface area contributed by atoms with E-state index in [2.05, 4.69) is 51.6 Å². The summed E-state index contributed by atoms with van der Waals surface area (Å²) in [6, 6.07) is 12.9. The SMILES string of the molecule is CCOC1C(NC)CC1Oc1ccc2cc(Br)ccc2c1. The van der Waals surface area contributed by atoms with Crippen LogP contribution >= 0.6 is 15.9 Å². The first-order chi connectivity index (χ1) is 10.2. The van der Waals surface area contributed by atoms with E-state index >= 15 is 0 Å². The first kappa shape index (κ1) is 14.8. The van der Waals surface area contributed by atoms with E-state index in [0.717, 1.165) is 16.6 Å². The number of rotatable bonds is 5. The van der Waals surface area contributed by atoms with Crippen molar-refractivity contribution in [2.24, 2.45) is 0 Å². The van der Waals surface area contributed by atoms with E-state index in [-0.39, 0.29) is 12.2 Å². The number of likely N-dealkylation sites (N-methyl/N-ethyl adjacent to an activating group) is 1. The molecule has 2 aromatic rings. The van der Waals surface area contributed by atoms with Gasteiger partial charge >= 0.3 is 0 Å². The van der Waals surface area contributed by atoms with Crippen molar-refractivity contribution in [1.29, 1.82) is 0 Å². The van der Waals surface area contributed by atoms with Gasteiger partial charge in [0.1, 0.15) is 18.0 Å². The van der Waals surface area contributed by atoms with Crippen LogP contribution in [0.2, 0.25) is 0 Å². The van der Waals surface area contributed by atoms with Crippen molar-refractivity contribution in [3.05, 3.63) is 40.9 Å². The number of fused-ring (bicyclic) bond motifs is 1. The lowest BCUT2D eigenvalue weighted by atomic mass is 9.85. The highest BCUT2D eigenvalue weighted by Crippen LogP contribution is 2.31. The molecular formula is C17H20BrNO2. The Balaban J connectivity index is 1.74. The third-order valence-corrected chi connectivity index (χ3v) is 4.53. The standard InChI is InChI=1S/C17H20BrNO2/c1-3-20-17-15(19-2)10-16(17)21-14-7-5-11-8-13(18)6-4-12(11)9-14/h4-9,15-17,19H,3,10H2,1-2H3. The van der Waals surface area contributed by atoms with Gasteiger partial charge in [0.05, 0.1) is 0 Å². The molecule has 1 N–H and O–H groups in total. The molecule has 0 spiro atoms. The number of halogens is 1. The third kappa shape index (κ3) is 3.07. The van der Waals surface area contributed by atoms with Crippen molar-refractivity contribution in [3.8, 4) is 5.75 Å². The van der Waals surface area contributed by atoms with E-state index in [1.54, 1.807) is 0 Å². The maximum absolute atomic E-state index is 6.11. The zero-order valence-electron chi connectivity index (χ0n) is 12.3. The quantitative estimate of drug-likeness (QED) is 0.891. The highest BCUT2D eigenvalue weighted by atomic mass is 79.9. The van der Waals surface area contributed by atoms with Crippen molar-refractivity contribution in [1.82, 2.24) is 5.32 Å². The molecule has 3 unspecified atom stereocenters. The minimum atomic E-state index is 0.135. The average Bonchev–Trinajstić information content (AvgIpc) is 2.48. The Morgan fingerprint density at radius 3 is 2.71 bits per heavy atom. The molecule has 3 atom stereocenters. The summed E-state index contributed by atoms with van der Waals surface area (Å²) in [7, 11) is 1.97. The molecule has 112 valence electrons. The van der Waals surface area contributed by atoms with Crippen LogP contribution in [-0.2, 0) is 4.74 Å². The summed E-state index contributed by atoms with van der Waals surface area (Å²) < 4.78 is 13.0. The Labute approximate surface area is 133 Å². The smallest absolute Gasteiger partial charge is 0.128 e. The fraction of sp³-hybridized carbons (Fsp3) is 0.412. The number of hydrogen-bond donors (Lipinski definition) is 1. The minimum Gasteiger partial charge on any atom is -0.488 e. The van der Waals surface area contributed by atoms with E-state index in [1.165, 1.54) is 10.8 Å². The molecule has 21 heavy (non-hydrogen) atoms. The number of benzene rings is 2. The average molecular weight is 350 g/mol. The number of nitrogens with one attached hydrogen (secondary N) is 1. The minimum absolute atomic E-state index is 0.135. The molecule has 3 nitrogen and oxygen atoms in total. The number of ether oxygens (including phenoxy) is 2. The van der Waals surface area contributed by atoms with Gasteiger partial charge in [0.25, 0.3) is 0 Å². The summed E-state index contributed by atoms with van der Waals surface area (Å²) in [6.07, 6.45) is 1.26. The second kappa shape index (κ2) is 6.34. The predicted octanol–water partition coefficient (Wildman–Crippen LogP) is 3.75. The second-order valence-electron chi connectivity index (χ2n) is 5.36. The Hall–Kier alpha value is -1.10. The maximum atomic E-state index is 6.11. The Morgan fingerprint density at radius 1 is 1.19 bits per heavy atom. The zero-order chi connectivity index (χ0) is 14.8. The molecule has 3 rings (SSSR count). The van der Waals surface area contributed by atoms with Gasteiger partial charge < -0.3 is 14.8 Å². The van der Waals surface area contributed by atoms with E-state index < -0.39 is 0 Å². The molecule has 0 aromatic heterocycles. The van der Waals surface area contributed by atoms with Gasteiger partial charge in [-0.25, -0.2) is 0 Å². The zero-order valence-corrected chi connectivity index (χ0v) is 13.9. The van der Waals surface area contributed by atoms with Crippen LogP contribution in [0, 0.1) is 0 Å². The van der Waals surface area contributed by atoms with Crippen LogP contribution < -0.4 is 10.1 Å². The summed E-state index contributed by atoms with van der Waals surface area (Å²) in [5.74, 6) is 0.911.